The van der Waals surface area contributed by atoms with Crippen LogP contribution in [-0.4, -0.2) is 25.3 Å². The third kappa shape index (κ3) is 2.82. The molecule has 1 rings (SSSR count). The van der Waals surface area contributed by atoms with Crippen molar-refractivity contribution in [2.75, 3.05) is 13.7 Å². The molecule has 0 aromatic heterocycles. The SMILES string of the molecule is CNC(C=C(C)C)C1(C)CCCCO1. The van der Waals surface area contributed by atoms with Gasteiger partial charge in [0.05, 0.1) is 11.6 Å². The number of likely N-dealkylation sites (N-methyl/N-ethyl adjacent to an activating group) is 1. The Balaban J connectivity index is 2.70. The van der Waals surface area contributed by atoms with E-state index in [4.69, 9.17) is 4.74 Å². The summed E-state index contributed by atoms with van der Waals surface area (Å²) in [5.41, 5.74) is 1.34. The lowest BCUT2D eigenvalue weighted by atomic mass is 9.87. The highest BCUT2D eigenvalue weighted by Gasteiger charge is 2.34. The second-order valence-corrected chi connectivity index (χ2v) is 4.63. The highest BCUT2D eigenvalue weighted by Crippen LogP contribution is 2.28. The molecule has 0 bridgehead atoms. The monoisotopic (exact) mass is 197 g/mol. The number of hydrogen-bond acceptors (Lipinski definition) is 2. The molecule has 2 heteroatoms. The van der Waals surface area contributed by atoms with Crippen molar-refractivity contribution in [1.29, 1.82) is 0 Å². The molecule has 2 nitrogen and oxygen atoms in total. The lowest BCUT2D eigenvalue weighted by Crippen LogP contribution is -2.50. The Kier molecular flexibility index (Phi) is 4.14. The fourth-order valence-electron chi connectivity index (χ4n) is 2.10. The standard InChI is InChI=1S/C12H23NO/c1-10(2)9-11(13-4)12(3)7-5-6-8-14-12/h9,11,13H,5-8H2,1-4H3. The van der Waals surface area contributed by atoms with E-state index in [0.717, 1.165) is 13.0 Å². The summed E-state index contributed by atoms with van der Waals surface area (Å²) in [6.45, 7) is 7.39. The van der Waals surface area contributed by atoms with Crippen molar-refractivity contribution in [3.63, 3.8) is 0 Å². The summed E-state index contributed by atoms with van der Waals surface area (Å²) in [7, 11) is 2.01. The summed E-state index contributed by atoms with van der Waals surface area (Å²) in [5.74, 6) is 0. The van der Waals surface area contributed by atoms with E-state index in [1.165, 1.54) is 18.4 Å². The van der Waals surface area contributed by atoms with Crippen molar-refractivity contribution in [3.8, 4) is 0 Å². The molecule has 1 aliphatic heterocycles. The summed E-state index contributed by atoms with van der Waals surface area (Å²) in [6.07, 6.45) is 5.92. The van der Waals surface area contributed by atoms with Crippen LogP contribution >= 0.6 is 0 Å². The Morgan fingerprint density at radius 1 is 1.43 bits per heavy atom. The van der Waals surface area contributed by atoms with Crippen LogP contribution in [0, 0.1) is 0 Å². The summed E-state index contributed by atoms with van der Waals surface area (Å²) in [4.78, 5) is 0. The zero-order valence-corrected chi connectivity index (χ0v) is 9.89. The number of rotatable bonds is 3. The number of ether oxygens (including phenoxy) is 1. The highest BCUT2D eigenvalue weighted by molar-refractivity contribution is 5.08. The van der Waals surface area contributed by atoms with Crippen LogP contribution < -0.4 is 5.32 Å². The lowest BCUT2D eigenvalue weighted by Gasteiger charge is -2.39. The van der Waals surface area contributed by atoms with E-state index in [1.54, 1.807) is 0 Å². The molecule has 0 amide bonds. The molecule has 1 aliphatic rings. The first kappa shape index (κ1) is 11.7. The van der Waals surface area contributed by atoms with E-state index in [2.05, 4.69) is 32.2 Å². The molecule has 0 aliphatic carbocycles. The van der Waals surface area contributed by atoms with Crippen LogP contribution in [0.25, 0.3) is 0 Å². The van der Waals surface area contributed by atoms with Crippen molar-refractivity contribution >= 4 is 0 Å². The molecule has 2 atom stereocenters. The van der Waals surface area contributed by atoms with Gasteiger partial charge in [-0.25, -0.2) is 0 Å². The topological polar surface area (TPSA) is 21.3 Å². The second-order valence-electron chi connectivity index (χ2n) is 4.63. The van der Waals surface area contributed by atoms with Gasteiger partial charge in [0.2, 0.25) is 0 Å². The molecule has 1 N–H and O–H groups in total. The molecule has 1 saturated heterocycles. The van der Waals surface area contributed by atoms with E-state index < -0.39 is 0 Å². The summed E-state index contributed by atoms with van der Waals surface area (Å²) < 4.78 is 5.91. The van der Waals surface area contributed by atoms with Gasteiger partial charge in [0.15, 0.2) is 0 Å². The molecular formula is C12H23NO. The van der Waals surface area contributed by atoms with Crippen molar-refractivity contribution in [2.24, 2.45) is 0 Å². The fourth-order valence-corrected chi connectivity index (χ4v) is 2.10. The fraction of sp³-hybridized carbons (Fsp3) is 0.833. The lowest BCUT2D eigenvalue weighted by molar-refractivity contribution is -0.0777. The molecule has 2 unspecified atom stereocenters. The molecule has 1 fully saturated rings. The summed E-state index contributed by atoms with van der Waals surface area (Å²) in [6, 6.07) is 0.341. The van der Waals surface area contributed by atoms with Crippen LogP contribution in [0.5, 0.6) is 0 Å². The van der Waals surface area contributed by atoms with Gasteiger partial charge < -0.3 is 10.1 Å². The van der Waals surface area contributed by atoms with Crippen LogP contribution in [-0.2, 0) is 4.74 Å². The van der Waals surface area contributed by atoms with Gasteiger partial charge in [-0.3, -0.25) is 0 Å². The Labute approximate surface area is 87.7 Å². The first-order valence-electron chi connectivity index (χ1n) is 5.55. The zero-order valence-electron chi connectivity index (χ0n) is 9.89. The van der Waals surface area contributed by atoms with Crippen LogP contribution in [0.3, 0.4) is 0 Å². The average molecular weight is 197 g/mol. The van der Waals surface area contributed by atoms with Crippen molar-refractivity contribution in [1.82, 2.24) is 5.32 Å². The predicted molar refractivity (Wildman–Crippen MR) is 60.5 cm³/mol. The van der Waals surface area contributed by atoms with E-state index in [9.17, 15) is 0 Å². The maximum atomic E-state index is 5.91. The highest BCUT2D eigenvalue weighted by atomic mass is 16.5. The predicted octanol–water partition coefficient (Wildman–Crippen LogP) is 2.50. The molecule has 82 valence electrons. The van der Waals surface area contributed by atoms with Gasteiger partial charge in [0, 0.05) is 6.61 Å². The van der Waals surface area contributed by atoms with E-state index >= 15 is 0 Å². The van der Waals surface area contributed by atoms with Gasteiger partial charge in [0.1, 0.15) is 0 Å². The quantitative estimate of drug-likeness (QED) is 0.702. The third-order valence-electron chi connectivity index (χ3n) is 2.97. The minimum absolute atomic E-state index is 0.00965. The maximum absolute atomic E-state index is 5.91. The average Bonchev–Trinajstić information content (AvgIpc) is 2.15. The molecule has 0 saturated carbocycles. The van der Waals surface area contributed by atoms with Gasteiger partial charge >= 0.3 is 0 Å². The Morgan fingerprint density at radius 3 is 2.57 bits per heavy atom. The molecule has 14 heavy (non-hydrogen) atoms. The minimum Gasteiger partial charge on any atom is -0.373 e. The third-order valence-corrected chi connectivity index (χ3v) is 2.97. The van der Waals surface area contributed by atoms with Gasteiger partial charge in [-0.15, -0.1) is 0 Å². The minimum atomic E-state index is -0.00965. The molecule has 0 aromatic carbocycles. The summed E-state index contributed by atoms with van der Waals surface area (Å²) >= 11 is 0. The molecular weight excluding hydrogens is 174 g/mol. The summed E-state index contributed by atoms with van der Waals surface area (Å²) in [5, 5.41) is 3.34. The number of nitrogens with one attached hydrogen (secondary N) is 1. The first-order valence-corrected chi connectivity index (χ1v) is 5.55. The van der Waals surface area contributed by atoms with Crippen molar-refractivity contribution < 1.29 is 4.74 Å². The Hall–Kier alpha value is -0.340. The Bertz CT molecular complexity index is 200. The molecule has 0 spiro atoms. The smallest absolute Gasteiger partial charge is 0.0842 e. The van der Waals surface area contributed by atoms with Crippen molar-refractivity contribution in [2.45, 2.75) is 51.7 Å². The molecule has 0 radical (unpaired) electrons. The van der Waals surface area contributed by atoms with Gasteiger partial charge in [0.25, 0.3) is 0 Å². The van der Waals surface area contributed by atoms with Crippen LogP contribution in [0.2, 0.25) is 0 Å². The van der Waals surface area contributed by atoms with Crippen LogP contribution in [0.15, 0.2) is 11.6 Å². The largest absolute Gasteiger partial charge is 0.373 e. The Morgan fingerprint density at radius 2 is 2.14 bits per heavy atom. The molecule has 0 aromatic rings. The second kappa shape index (κ2) is 4.94. The van der Waals surface area contributed by atoms with Crippen LogP contribution in [0.4, 0.5) is 0 Å². The van der Waals surface area contributed by atoms with E-state index in [-0.39, 0.29) is 5.60 Å². The van der Waals surface area contributed by atoms with Crippen LogP contribution in [0.1, 0.15) is 40.0 Å². The maximum Gasteiger partial charge on any atom is 0.0842 e. The normalized spacial score (nSPS) is 29.7. The van der Waals surface area contributed by atoms with Gasteiger partial charge in [-0.05, 0) is 47.1 Å². The number of allylic oxidation sites excluding steroid dienone is 1. The number of hydrogen-bond donors (Lipinski definition) is 1. The molecule has 1 heterocycles. The first-order chi connectivity index (χ1) is 6.58. The van der Waals surface area contributed by atoms with E-state index in [1.807, 2.05) is 7.05 Å². The van der Waals surface area contributed by atoms with E-state index in [0.29, 0.717) is 6.04 Å². The van der Waals surface area contributed by atoms with Crippen molar-refractivity contribution in [3.05, 3.63) is 11.6 Å². The van der Waals surface area contributed by atoms with Gasteiger partial charge in [-0.2, -0.15) is 0 Å². The van der Waals surface area contributed by atoms with Gasteiger partial charge in [-0.1, -0.05) is 11.6 Å². The zero-order chi connectivity index (χ0) is 10.6.